The number of halogens is 1. The topological polar surface area (TPSA) is 33.0 Å². The third-order valence-corrected chi connectivity index (χ3v) is 3.94. The van der Waals surface area contributed by atoms with Crippen LogP contribution in [-0.4, -0.2) is 5.91 Å². The predicted octanol–water partition coefficient (Wildman–Crippen LogP) is 3.73. The summed E-state index contributed by atoms with van der Waals surface area (Å²) < 4.78 is 1.87. The van der Waals surface area contributed by atoms with Gasteiger partial charge in [0.15, 0.2) is 12.4 Å². The minimum Gasteiger partial charge on any atom is -0.321 e. The molecule has 0 aliphatic heterocycles. The normalized spacial score (nSPS) is 10.6. The Morgan fingerprint density at radius 1 is 1.14 bits per heavy atom. The van der Waals surface area contributed by atoms with E-state index < -0.39 is 0 Å². The Morgan fingerprint density at radius 3 is 2.68 bits per heavy atom. The maximum atomic E-state index is 12.1. The number of carbonyl (C=O) groups is 1. The van der Waals surface area contributed by atoms with Crippen LogP contribution >= 0.6 is 11.6 Å². The number of nitrogens with zero attached hydrogens (tertiary/aromatic N) is 1. The smallest absolute Gasteiger partial charge is 0.290 e. The maximum absolute atomic E-state index is 12.1. The van der Waals surface area contributed by atoms with Gasteiger partial charge in [-0.3, -0.25) is 4.79 Å². The molecule has 0 unspecified atom stereocenters. The molecule has 3 aromatic rings. The number of rotatable bonds is 3. The Balaban J connectivity index is 1.73. The summed E-state index contributed by atoms with van der Waals surface area (Å²) >= 11 is 6.07. The Kier molecular flexibility index (Phi) is 4.07. The molecule has 0 saturated carbocycles. The van der Waals surface area contributed by atoms with Crippen LogP contribution in [-0.2, 0) is 11.3 Å². The van der Waals surface area contributed by atoms with Gasteiger partial charge in [0, 0.05) is 22.2 Å². The van der Waals surface area contributed by atoms with Crippen LogP contribution in [0.5, 0.6) is 0 Å². The standard InChI is InChI=1S/C18H15ClN2O/c1-13-6-7-16(10-17(13)19)20-18(22)12-21-9-8-14-4-2-3-5-15(14)11-21/h2-11H,12H2,1H3/p+1. The average molecular weight is 312 g/mol. The molecule has 3 nitrogen and oxygen atoms in total. The van der Waals surface area contributed by atoms with E-state index in [0.29, 0.717) is 10.7 Å². The van der Waals surface area contributed by atoms with Gasteiger partial charge < -0.3 is 5.32 Å². The summed E-state index contributed by atoms with van der Waals surface area (Å²) in [6, 6.07) is 15.6. The molecule has 1 heterocycles. The van der Waals surface area contributed by atoms with Crippen molar-refractivity contribution < 1.29 is 9.36 Å². The monoisotopic (exact) mass is 311 g/mol. The quantitative estimate of drug-likeness (QED) is 0.735. The van der Waals surface area contributed by atoms with Crippen LogP contribution in [0.1, 0.15) is 5.56 Å². The summed E-state index contributed by atoms with van der Waals surface area (Å²) in [5.74, 6) is -0.0831. The van der Waals surface area contributed by atoms with Gasteiger partial charge in [-0.2, -0.15) is 4.57 Å². The van der Waals surface area contributed by atoms with E-state index in [1.54, 1.807) is 6.07 Å². The van der Waals surface area contributed by atoms with Gasteiger partial charge in [0.1, 0.15) is 0 Å². The second-order valence-corrected chi connectivity index (χ2v) is 5.67. The Hall–Kier alpha value is -2.39. The highest BCUT2D eigenvalue weighted by Crippen LogP contribution is 2.19. The van der Waals surface area contributed by atoms with Crippen LogP contribution < -0.4 is 9.88 Å². The van der Waals surface area contributed by atoms with Crippen molar-refractivity contribution >= 4 is 34.0 Å². The average Bonchev–Trinajstić information content (AvgIpc) is 2.51. The van der Waals surface area contributed by atoms with Crippen molar-refractivity contribution in [2.75, 3.05) is 5.32 Å². The molecule has 2 aromatic carbocycles. The van der Waals surface area contributed by atoms with Crippen molar-refractivity contribution in [2.24, 2.45) is 0 Å². The lowest BCUT2D eigenvalue weighted by Gasteiger charge is -2.05. The summed E-state index contributed by atoms with van der Waals surface area (Å²) in [4.78, 5) is 12.1. The van der Waals surface area contributed by atoms with E-state index in [-0.39, 0.29) is 12.5 Å². The fourth-order valence-corrected chi connectivity index (χ4v) is 2.49. The highest BCUT2D eigenvalue weighted by Gasteiger charge is 2.11. The van der Waals surface area contributed by atoms with Crippen molar-refractivity contribution in [1.82, 2.24) is 0 Å². The number of benzene rings is 2. The van der Waals surface area contributed by atoms with E-state index in [0.717, 1.165) is 16.3 Å². The van der Waals surface area contributed by atoms with Gasteiger partial charge in [-0.1, -0.05) is 35.9 Å². The van der Waals surface area contributed by atoms with E-state index in [4.69, 9.17) is 11.6 Å². The highest BCUT2D eigenvalue weighted by atomic mass is 35.5. The first-order chi connectivity index (χ1) is 10.6. The highest BCUT2D eigenvalue weighted by molar-refractivity contribution is 6.31. The number of aromatic nitrogens is 1. The zero-order valence-electron chi connectivity index (χ0n) is 12.2. The summed E-state index contributed by atoms with van der Waals surface area (Å²) in [5, 5.41) is 5.78. The van der Waals surface area contributed by atoms with Crippen molar-refractivity contribution in [1.29, 1.82) is 0 Å². The summed E-state index contributed by atoms with van der Waals surface area (Å²) in [6.45, 7) is 2.19. The first-order valence-corrected chi connectivity index (χ1v) is 7.43. The molecule has 0 radical (unpaired) electrons. The molecule has 22 heavy (non-hydrogen) atoms. The van der Waals surface area contributed by atoms with Crippen LogP contribution in [0.2, 0.25) is 5.02 Å². The maximum Gasteiger partial charge on any atom is 0.290 e. The SMILES string of the molecule is Cc1ccc(NC(=O)C[n+]2ccc3ccccc3c2)cc1Cl. The summed E-state index contributed by atoms with van der Waals surface area (Å²) in [5.41, 5.74) is 1.70. The second-order valence-electron chi connectivity index (χ2n) is 5.26. The molecule has 0 atom stereocenters. The van der Waals surface area contributed by atoms with E-state index in [1.165, 1.54) is 0 Å². The lowest BCUT2D eigenvalue weighted by atomic mass is 10.2. The Bertz CT molecular complexity index is 845. The molecular formula is C18H16ClN2O+. The number of amides is 1. The lowest BCUT2D eigenvalue weighted by Crippen LogP contribution is -2.39. The number of aryl methyl sites for hydroxylation is 1. The van der Waals surface area contributed by atoms with Gasteiger partial charge in [-0.25, -0.2) is 0 Å². The Labute approximate surface area is 134 Å². The van der Waals surface area contributed by atoms with Gasteiger partial charge in [-0.05, 0) is 36.1 Å². The van der Waals surface area contributed by atoms with Gasteiger partial charge in [0.05, 0.1) is 0 Å². The molecule has 1 N–H and O–H groups in total. The molecule has 3 rings (SSSR count). The van der Waals surface area contributed by atoms with Crippen LogP contribution in [0, 0.1) is 6.92 Å². The molecule has 0 bridgehead atoms. The number of hydrogen-bond donors (Lipinski definition) is 1. The zero-order chi connectivity index (χ0) is 15.5. The van der Waals surface area contributed by atoms with Crippen LogP contribution in [0.25, 0.3) is 10.8 Å². The molecule has 1 aromatic heterocycles. The second kappa shape index (κ2) is 6.16. The minimum atomic E-state index is -0.0831. The van der Waals surface area contributed by atoms with Crippen LogP contribution in [0.3, 0.4) is 0 Å². The molecule has 0 fully saturated rings. The third-order valence-electron chi connectivity index (χ3n) is 3.53. The molecule has 4 heteroatoms. The van der Waals surface area contributed by atoms with E-state index in [2.05, 4.69) is 5.32 Å². The first kappa shape index (κ1) is 14.5. The van der Waals surface area contributed by atoms with Crippen molar-refractivity contribution in [2.45, 2.75) is 13.5 Å². The number of hydrogen-bond acceptors (Lipinski definition) is 1. The van der Waals surface area contributed by atoms with Crippen LogP contribution in [0.4, 0.5) is 5.69 Å². The number of carbonyl (C=O) groups excluding carboxylic acids is 1. The number of fused-ring (bicyclic) bond motifs is 1. The number of pyridine rings is 1. The number of anilines is 1. The fourth-order valence-electron chi connectivity index (χ4n) is 2.31. The summed E-state index contributed by atoms with van der Waals surface area (Å²) in [7, 11) is 0. The predicted molar refractivity (Wildman–Crippen MR) is 89.0 cm³/mol. The fraction of sp³-hybridized carbons (Fsp3) is 0.111. The van der Waals surface area contributed by atoms with Crippen molar-refractivity contribution in [3.8, 4) is 0 Å². The third kappa shape index (κ3) is 3.26. The van der Waals surface area contributed by atoms with Gasteiger partial charge in [-0.15, -0.1) is 0 Å². The lowest BCUT2D eigenvalue weighted by molar-refractivity contribution is -0.682. The molecule has 0 aliphatic rings. The first-order valence-electron chi connectivity index (χ1n) is 7.06. The molecule has 0 saturated heterocycles. The molecule has 0 spiro atoms. The Morgan fingerprint density at radius 2 is 1.91 bits per heavy atom. The van der Waals surface area contributed by atoms with E-state index in [9.17, 15) is 4.79 Å². The van der Waals surface area contributed by atoms with Gasteiger partial charge >= 0.3 is 0 Å². The molecule has 1 amide bonds. The molecule has 0 aliphatic carbocycles. The molecular weight excluding hydrogens is 296 g/mol. The summed E-state index contributed by atoms with van der Waals surface area (Å²) in [6.07, 6.45) is 3.88. The van der Waals surface area contributed by atoms with Crippen molar-refractivity contribution in [3.63, 3.8) is 0 Å². The van der Waals surface area contributed by atoms with Crippen molar-refractivity contribution in [3.05, 3.63) is 71.5 Å². The van der Waals surface area contributed by atoms with E-state index in [1.807, 2.05) is 66.3 Å². The largest absolute Gasteiger partial charge is 0.321 e. The van der Waals surface area contributed by atoms with Gasteiger partial charge in [0.25, 0.3) is 5.91 Å². The minimum absolute atomic E-state index is 0.0831. The van der Waals surface area contributed by atoms with E-state index >= 15 is 0 Å². The zero-order valence-corrected chi connectivity index (χ0v) is 13.0. The molecule has 110 valence electrons. The number of nitrogens with one attached hydrogen (secondary N) is 1. The van der Waals surface area contributed by atoms with Gasteiger partial charge in [0.2, 0.25) is 6.54 Å². The van der Waals surface area contributed by atoms with Crippen LogP contribution in [0.15, 0.2) is 60.9 Å².